The Kier molecular flexibility index (Phi) is 3.50. The smallest absolute Gasteiger partial charge is 0.404 e. The van der Waals surface area contributed by atoms with Crippen LogP contribution in [0.2, 0.25) is 0 Å². The maximum absolute atomic E-state index is 10.4. The molecular formula is C11H17N5O2. The zero-order chi connectivity index (χ0) is 13.1. The number of nitrogens with one attached hydrogen (secondary N) is 1. The average Bonchev–Trinajstić information content (AvgIpc) is 3.13. The molecule has 0 aliphatic heterocycles. The molecule has 1 heterocycles. The lowest BCUT2D eigenvalue weighted by molar-refractivity contribution is 0.161. The van der Waals surface area contributed by atoms with Crippen LogP contribution in [-0.2, 0) is 4.74 Å². The van der Waals surface area contributed by atoms with Gasteiger partial charge in [0.05, 0.1) is 6.54 Å². The fourth-order valence-electron chi connectivity index (χ4n) is 1.57. The van der Waals surface area contributed by atoms with Gasteiger partial charge in [0.2, 0.25) is 0 Å². The van der Waals surface area contributed by atoms with E-state index in [0.717, 1.165) is 24.2 Å². The summed E-state index contributed by atoms with van der Waals surface area (Å²) in [6.45, 7) is 2.48. The van der Waals surface area contributed by atoms with Gasteiger partial charge in [-0.05, 0) is 19.8 Å². The first kappa shape index (κ1) is 12.4. The summed E-state index contributed by atoms with van der Waals surface area (Å²) < 4.78 is 4.63. The second kappa shape index (κ2) is 5.07. The zero-order valence-corrected chi connectivity index (χ0v) is 10.3. The maximum Gasteiger partial charge on any atom is 0.404 e. The van der Waals surface area contributed by atoms with Crippen molar-refractivity contribution in [2.45, 2.75) is 25.7 Å². The number of ether oxygens (including phenoxy) is 1. The summed E-state index contributed by atoms with van der Waals surface area (Å²) in [7, 11) is 0. The van der Waals surface area contributed by atoms with Crippen molar-refractivity contribution in [2.75, 3.05) is 24.2 Å². The van der Waals surface area contributed by atoms with E-state index < -0.39 is 6.09 Å². The lowest BCUT2D eigenvalue weighted by Crippen LogP contribution is -2.19. The summed E-state index contributed by atoms with van der Waals surface area (Å²) in [4.78, 5) is 19.1. The highest BCUT2D eigenvalue weighted by Gasteiger charge is 2.27. The third-order valence-electron chi connectivity index (χ3n) is 2.78. The zero-order valence-electron chi connectivity index (χ0n) is 10.3. The lowest BCUT2D eigenvalue weighted by Gasteiger charge is -2.11. The average molecular weight is 251 g/mol. The summed E-state index contributed by atoms with van der Waals surface area (Å²) in [5, 5.41) is 3.07. The van der Waals surface area contributed by atoms with E-state index in [1.807, 2.05) is 6.92 Å². The fraction of sp³-hybridized carbons (Fsp3) is 0.545. The van der Waals surface area contributed by atoms with Crippen LogP contribution in [0, 0.1) is 6.92 Å². The number of rotatable bonds is 5. The number of primary amides is 1. The van der Waals surface area contributed by atoms with Crippen LogP contribution in [-0.4, -0.2) is 29.2 Å². The van der Waals surface area contributed by atoms with Crippen LogP contribution in [0.4, 0.5) is 16.4 Å². The molecule has 0 radical (unpaired) electrons. The molecule has 5 N–H and O–H groups in total. The van der Waals surface area contributed by atoms with E-state index in [1.165, 1.54) is 0 Å². The quantitative estimate of drug-likeness (QED) is 0.665. The molecule has 1 aromatic rings. The van der Waals surface area contributed by atoms with Crippen LogP contribution in [0.5, 0.6) is 0 Å². The van der Waals surface area contributed by atoms with Gasteiger partial charge in [-0.3, -0.25) is 0 Å². The molecule has 7 nitrogen and oxygen atoms in total. The molecule has 98 valence electrons. The third kappa shape index (κ3) is 2.99. The van der Waals surface area contributed by atoms with E-state index >= 15 is 0 Å². The van der Waals surface area contributed by atoms with E-state index in [1.54, 1.807) is 0 Å². The number of nitrogen functional groups attached to an aromatic ring is 1. The normalized spacial score (nSPS) is 14.3. The number of hydrogen-bond acceptors (Lipinski definition) is 6. The number of nitrogens with two attached hydrogens (primary N) is 2. The first-order valence-electron chi connectivity index (χ1n) is 5.88. The van der Waals surface area contributed by atoms with Crippen molar-refractivity contribution in [2.24, 2.45) is 5.73 Å². The molecule has 0 unspecified atom stereocenters. The molecule has 0 bridgehead atoms. The maximum atomic E-state index is 10.4. The van der Waals surface area contributed by atoms with E-state index in [4.69, 9.17) is 11.5 Å². The van der Waals surface area contributed by atoms with E-state index in [2.05, 4.69) is 20.0 Å². The van der Waals surface area contributed by atoms with E-state index in [9.17, 15) is 4.79 Å². The Labute approximate surface area is 105 Å². The van der Waals surface area contributed by atoms with Crippen molar-refractivity contribution in [3.8, 4) is 0 Å². The van der Waals surface area contributed by atoms with Gasteiger partial charge < -0.3 is 21.5 Å². The molecule has 1 saturated carbocycles. The standard InChI is InChI=1S/C11H17N5O2/c1-6-8(12)15-10(7-2-3-7)16-9(6)14-4-5-18-11(13)17/h7H,2-5H2,1H3,(H2,13,17)(H3,12,14,15,16). The second-order valence-corrected chi connectivity index (χ2v) is 4.31. The Morgan fingerprint density at radius 2 is 2.22 bits per heavy atom. The van der Waals surface area contributed by atoms with E-state index in [0.29, 0.717) is 24.1 Å². The highest BCUT2D eigenvalue weighted by molar-refractivity contribution is 5.64. The van der Waals surface area contributed by atoms with Crippen molar-refractivity contribution in [3.05, 3.63) is 11.4 Å². The summed E-state index contributed by atoms with van der Waals surface area (Å²) in [6.07, 6.45) is 1.45. The second-order valence-electron chi connectivity index (χ2n) is 4.31. The lowest BCUT2D eigenvalue weighted by atomic mass is 10.3. The Hall–Kier alpha value is -2.05. The minimum Gasteiger partial charge on any atom is -0.448 e. The highest BCUT2D eigenvalue weighted by atomic mass is 16.5. The summed E-state index contributed by atoms with van der Waals surface area (Å²) in [5.74, 6) is 2.41. The SMILES string of the molecule is Cc1c(N)nc(C2CC2)nc1NCCOC(N)=O. The van der Waals surface area contributed by atoms with Gasteiger partial charge in [-0.25, -0.2) is 14.8 Å². The summed E-state index contributed by atoms with van der Waals surface area (Å²) in [6, 6.07) is 0. The van der Waals surface area contributed by atoms with Gasteiger partial charge in [0.25, 0.3) is 0 Å². The third-order valence-corrected chi connectivity index (χ3v) is 2.78. The topological polar surface area (TPSA) is 116 Å². The number of aromatic nitrogens is 2. The first-order chi connectivity index (χ1) is 8.58. The van der Waals surface area contributed by atoms with Crippen molar-refractivity contribution in [3.63, 3.8) is 0 Å². The molecule has 0 atom stereocenters. The molecule has 18 heavy (non-hydrogen) atoms. The van der Waals surface area contributed by atoms with Gasteiger partial charge in [0, 0.05) is 11.5 Å². The van der Waals surface area contributed by atoms with E-state index in [-0.39, 0.29) is 6.61 Å². The molecule has 7 heteroatoms. The Balaban J connectivity index is 1.99. The minimum absolute atomic E-state index is 0.192. The van der Waals surface area contributed by atoms with Gasteiger partial charge >= 0.3 is 6.09 Å². The number of nitrogens with zero attached hydrogens (tertiary/aromatic N) is 2. The molecule has 0 spiro atoms. The van der Waals surface area contributed by atoms with Crippen molar-refractivity contribution < 1.29 is 9.53 Å². The molecule has 1 aliphatic rings. The number of hydrogen-bond donors (Lipinski definition) is 3. The van der Waals surface area contributed by atoms with Crippen LogP contribution in [0.3, 0.4) is 0 Å². The Morgan fingerprint density at radius 1 is 1.50 bits per heavy atom. The largest absolute Gasteiger partial charge is 0.448 e. The molecule has 1 aromatic heterocycles. The first-order valence-corrected chi connectivity index (χ1v) is 5.88. The van der Waals surface area contributed by atoms with Crippen molar-refractivity contribution in [1.29, 1.82) is 0 Å². The molecular weight excluding hydrogens is 234 g/mol. The van der Waals surface area contributed by atoms with Gasteiger partial charge in [0.15, 0.2) is 0 Å². The van der Waals surface area contributed by atoms with Gasteiger partial charge in [0.1, 0.15) is 24.1 Å². The van der Waals surface area contributed by atoms with Crippen LogP contribution in [0.15, 0.2) is 0 Å². The monoisotopic (exact) mass is 251 g/mol. The van der Waals surface area contributed by atoms with Crippen molar-refractivity contribution in [1.82, 2.24) is 9.97 Å². The Morgan fingerprint density at radius 3 is 2.83 bits per heavy atom. The highest BCUT2D eigenvalue weighted by Crippen LogP contribution is 2.39. The Bertz CT molecular complexity index is 459. The molecule has 2 rings (SSSR count). The van der Waals surface area contributed by atoms with Crippen LogP contribution >= 0.6 is 0 Å². The molecule has 0 saturated heterocycles. The van der Waals surface area contributed by atoms with Crippen LogP contribution in [0.1, 0.15) is 30.1 Å². The fourth-order valence-corrected chi connectivity index (χ4v) is 1.57. The molecule has 1 fully saturated rings. The van der Waals surface area contributed by atoms with Crippen LogP contribution < -0.4 is 16.8 Å². The number of amides is 1. The van der Waals surface area contributed by atoms with Gasteiger partial charge in [-0.1, -0.05) is 0 Å². The molecule has 1 amide bonds. The minimum atomic E-state index is -0.783. The predicted octanol–water partition coefficient (Wildman–Crippen LogP) is 0.752. The van der Waals surface area contributed by atoms with Crippen LogP contribution in [0.25, 0.3) is 0 Å². The number of carbonyl (C=O) groups is 1. The van der Waals surface area contributed by atoms with Crippen molar-refractivity contribution >= 4 is 17.7 Å². The number of carbonyl (C=O) groups excluding carboxylic acids is 1. The molecule has 0 aromatic carbocycles. The summed E-state index contributed by atoms with van der Waals surface area (Å²) >= 11 is 0. The molecule has 1 aliphatic carbocycles. The van der Waals surface area contributed by atoms with Gasteiger partial charge in [-0.15, -0.1) is 0 Å². The number of anilines is 2. The van der Waals surface area contributed by atoms with Gasteiger partial charge in [-0.2, -0.15) is 0 Å². The summed E-state index contributed by atoms with van der Waals surface area (Å²) in [5.41, 5.74) is 11.5. The predicted molar refractivity (Wildman–Crippen MR) is 67.2 cm³/mol.